The standard InChI is InChI=1S/C6H7NO2/c8-4-5-2-1-3-7-6(5)9/h1-3,5,8H,4H2/t5-/m0/s1. The Kier molecular flexibility index (Phi) is 1.75. The quantitative estimate of drug-likeness (QED) is 0.526. The highest BCUT2D eigenvalue weighted by Crippen LogP contribution is 2.03. The van der Waals surface area contributed by atoms with E-state index >= 15 is 0 Å². The molecule has 1 atom stereocenters. The fraction of sp³-hybridized carbons (Fsp3) is 0.333. The Hall–Kier alpha value is -0.960. The largest absolute Gasteiger partial charge is 0.395 e. The van der Waals surface area contributed by atoms with Crippen molar-refractivity contribution in [3.63, 3.8) is 0 Å². The number of allylic oxidation sites excluding steroid dienone is 1. The van der Waals surface area contributed by atoms with Gasteiger partial charge in [-0.3, -0.25) is 4.79 Å². The number of hydrogen-bond donors (Lipinski definition) is 1. The van der Waals surface area contributed by atoms with Crippen LogP contribution in [0.2, 0.25) is 0 Å². The molecule has 1 rings (SSSR count). The van der Waals surface area contributed by atoms with Gasteiger partial charge in [-0.05, 0) is 6.08 Å². The zero-order valence-corrected chi connectivity index (χ0v) is 4.82. The van der Waals surface area contributed by atoms with Gasteiger partial charge < -0.3 is 5.11 Å². The lowest BCUT2D eigenvalue weighted by Gasteiger charge is -2.04. The lowest BCUT2D eigenvalue weighted by molar-refractivity contribution is -0.121. The second kappa shape index (κ2) is 2.55. The average molecular weight is 125 g/mol. The molecule has 0 fully saturated rings. The first kappa shape index (κ1) is 6.16. The number of carbonyl (C=O) groups is 1. The highest BCUT2D eigenvalue weighted by Gasteiger charge is 2.13. The summed E-state index contributed by atoms with van der Waals surface area (Å²) in [5.41, 5.74) is 0. The Balaban J connectivity index is 2.66. The number of amides is 1. The molecule has 0 radical (unpaired) electrons. The SMILES string of the molecule is O=C1N=CC=C[C@H]1CO. The van der Waals surface area contributed by atoms with Gasteiger partial charge in [-0.2, -0.15) is 0 Å². The van der Waals surface area contributed by atoms with E-state index in [1.54, 1.807) is 12.2 Å². The van der Waals surface area contributed by atoms with E-state index in [1.807, 2.05) is 0 Å². The number of aliphatic hydroxyl groups excluding tert-OH is 1. The molecule has 1 aliphatic heterocycles. The van der Waals surface area contributed by atoms with Crippen LogP contribution in [-0.2, 0) is 4.79 Å². The van der Waals surface area contributed by atoms with Crippen molar-refractivity contribution in [2.45, 2.75) is 0 Å². The minimum atomic E-state index is -0.407. The fourth-order valence-electron chi connectivity index (χ4n) is 0.617. The lowest BCUT2D eigenvalue weighted by atomic mass is 10.1. The van der Waals surface area contributed by atoms with Crippen molar-refractivity contribution >= 4 is 12.1 Å². The molecule has 1 heterocycles. The van der Waals surface area contributed by atoms with Crippen LogP contribution in [0.25, 0.3) is 0 Å². The summed E-state index contributed by atoms with van der Waals surface area (Å²) in [6.45, 7) is -0.146. The Morgan fingerprint density at radius 3 is 3.00 bits per heavy atom. The van der Waals surface area contributed by atoms with Gasteiger partial charge in [0.15, 0.2) is 0 Å². The molecule has 1 aliphatic rings. The van der Waals surface area contributed by atoms with Crippen LogP contribution in [0, 0.1) is 5.92 Å². The molecule has 9 heavy (non-hydrogen) atoms. The van der Waals surface area contributed by atoms with Gasteiger partial charge in [0, 0.05) is 6.21 Å². The maximum Gasteiger partial charge on any atom is 0.254 e. The molecule has 0 aromatic carbocycles. The van der Waals surface area contributed by atoms with E-state index in [2.05, 4.69) is 4.99 Å². The van der Waals surface area contributed by atoms with Gasteiger partial charge in [-0.15, -0.1) is 0 Å². The molecule has 0 spiro atoms. The van der Waals surface area contributed by atoms with Crippen LogP contribution in [0.4, 0.5) is 0 Å². The van der Waals surface area contributed by atoms with Gasteiger partial charge >= 0.3 is 0 Å². The number of hydrogen-bond acceptors (Lipinski definition) is 2. The summed E-state index contributed by atoms with van der Waals surface area (Å²) >= 11 is 0. The molecule has 0 aromatic rings. The van der Waals surface area contributed by atoms with Crippen LogP contribution in [0.5, 0.6) is 0 Å². The first-order valence-electron chi connectivity index (χ1n) is 2.70. The van der Waals surface area contributed by atoms with Crippen molar-refractivity contribution in [3.8, 4) is 0 Å². The Morgan fingerprint density at radius 2 is 2.56 bits per heavy atom. The molecule has 0 aliphatic carbocycles. The number of carbonyl (C=O) groups excluding carboxylic acids is 1. The zero-order valence-electron chi connectivity index (χ0n) is 4.82. The first-order valence-corrected chi connectivity index (χ1v) is 2.70. The summed E-state index contributed by atoms with van der Waals surface area (Å²) in [7, 11) is 0. The minimum absolute atomic E-state index is 0.146. The van der Waals surface area contributed by atoms with E-state index in [1.165, 1.54) is 6.21 Å². The number of dihydropyridines is 1. The second-order valence-electron chi connectivity index (χ2n) is 1.79. The molecule has 3 nitrogen and oxygen atoms in total. The molecule has 0 unspecified atom stereocenters. The zero-order chi connectivity index (χ0) is 6.69. The van der Waals surface area contributed by atoms with E-state index in [0.717, 1.165) is 0 Å². The maximum absolute atomic E-state index is 10.6. The van der Waals surface area contributed by atoms with Crippen molar-refractivity contribution in [2.24, 2.45) is 10.9 Å². The molecule has 1 N–H and O–H groups in total. The third kappa shape index (κ3) is 1.23. The van der Waals surface area contributed by atoms with Crippen molar-refractivity contribution < 1.29 is 9.90 Å². The summed E-state index contributed by atoms with van der Waals surface area (Å²) in [5.74, 6) is -0.671. The second-order valence-corrected chi connectivity index (χ2v) is 1.79. The summed E-state index contributed by atoms with van der Waals surface area (Å²) in [6, 6.07) is 0. The number of aliphatic imine (C=N–C) groups is 1. The van der Waals surface area contributed by atoms with Crippen LogP contribution in [-0.4, -0.2) is 23.8 Å². The van der Waals surface area contributed by atoms with Crippen molar-refractivity contribution in [1.82, 2.24) is 0 Å². The molecule has 1 amide bonds. The van der Waals surface area contributed by atoms with E-state index in [4.69, 9.17) is 5.11 Å². The highest BCUT2D eigenvalue weighted by atomic mass is 16.3. The average Bonchev–Trinajstić information content (AvgIpc) is 1.89. The van der Waals surface area contributed by atoms with Gasteiger partial charge in [0.2, 0.25) is 0 Å². The van der Waals surface area contributed by atoms with E-state index < -0.39 is 5.92 Å². The highest BCUT2D eigenvalue weighted by molar-refractivity contribution is 5.94. The fourth-order valence-corrected chi connectivity index (χ4v) is 0.617. The predicted octanol–water partition coefficient (Wildman–Crippen LogP) is -0.238. The summed E-state index contributed by atoms with van der Waals surface area (Å²) in [5, 5.41) is 8.52. The lowest BCUT2D eigenvalue weighted by Crippen LogP contribution is -2.16. The Morgan fingerprint density at radius 1 is 1.78 bits per heavy atom. The topological polar surface area (TPSA) is 49.7 Å². The van der Waals surface area contributed by atoms with E-state index in [9.17, 15) is 4.79 Å². The molecule has 0 aromatic heterocycles. The van der Waals surface area contributed by atoms with Crippen LogP contribution in [0.3, 0.4) is 0 Å². The Labute approximate surface area is 52.7 Å². The normalized spacial score (nSPS) is 25.0. The van der Waals surface area contributed by atoms with Crippen molar-refractivity contribution in [2.75, 3.05) is 6.61 Å². The summed E-state index contributed by atoms with van der Waals surface area (Å²) in [6.07, 6.45) is 4.71. The molecule has 0 bridgehead atoms. The number of rotatable bonds is 1. The van der Waals surface area contributed by atoms with Crippen LogP contribution >= 0.6 is 0 Å². The molecule has 0 saturated carbocycles. The molecule has 48 valence electrons. The number of aliphatic hydroxyl groups is 1. The Bertz CT molecular complexity index is 172. The molecule has 0 saturated heterocycles. The maximum atomic E-state index is 10.6. The van der Waals surface area contributed by atoms with Crippen molar-refractivity contribution in [3.05, 3.63) is 12.2 Å². The van der Waals surface area contributed by atoms with Gasteiger partial charge in [0.05, 0.1) is 12.5 Å². The monoisotopic (exact) mass is 125 g/mol. The molecular formula is C6H7NO2. The first-order chi connectivity index (χ1) is 4.34. The van der Waals surface area contributed by atoms with Crippen LogP contribution in [0.15, 0.2) is 17.1 Å². The molecule has 3 heteroatoms. The number of nitrogens with zero attached hydrogens (tertiary/aromatic N) is 1. The summed E-state index contributed by atoms with van der Waals surface area (Å²) < 4.78 is 0. The predicted molar refractivity (Wildman–Crippen MR) is 33.2 cm³/mol. The van der Waals surface area contributed by atoms with Gasteiger partial charge in [0.1, 0.15) is 0 Å². The third-order valence-electron chi connectivity index (χ3n) is 1.15. The van der Waals surface area contributed by atoms with Crippen LogP contribution in [0.1, 0.15) is 0 Å². The van der Waals surface area contributed by atoms with Gasteiger partial charge in [-0.25, -0.2) is 4.99 Å². The van der Waals surface area contributed by atoms with Crippen LogP contribution < -0.4 is 0 Å². The smallest absolute Gasteiger partial charge is 0.254 e. The third-order valence-corrected chi connectivity index (χ3v) is 1.15. The van der Waals surface area contributed by atoms with E-state index in [0.29, 0.717) is 0 Å². The van der Waals surface area contributed by atoms with Gasteiger partial charge in [-0.1, -0.05) is 6.08 Å². The van der Waals surface area contributed by atoms with Gasteiger partial charge in [0.25, 0.3) is 5.91 Å². The van der Waals surface area contributed by atoms with Crippen molar-refractivity contribution in [1.29, 1.82) is 0 Å². The summed E-state index contributed by atoms with van der Waals surface area (Å²) in [4.78, 5) is 14.1. The molecular weight excluding hydrogens is 118 g/mol. The van der Waals surface area contributed by atoms with E-state index in [-0.39, 0.29) is 12.5 Å². The minimum Gasteiger partial charge on any atom is -0.395 e.